The summed E-state index contributed by atoms with van der Waals surface area (Å²) in [4.78, 5) is 7.73. The van der Waals surface area contributed by atoms with Gasteiger partial charge in [0, 0.05) is 11.3 Å². The molecule has 0 saturated heterocycles. The Labute approximate surface area is 111 Å². The maximum absolute atomic E-state index is 13.3. The Hall–Kier alpha value is -1.69. The fraction of sp³-hybridized carbons (Fsp3) is 0.167. The van der Waals surface area contributed by atoms with E-state index in [2.05, 4.69) is 9.97 Å². The third-order valence-electron chi connectivity index (χ3n) is 2.31. The number of benzene rings is 1. The van der Waals surface area contributed by atoms with E-state index in [1.54, 1.807) is 6.92 Å². The highest BCUT2D eigenvalue weighted by atomic mass is 35.5. The van der Waals surface area contributed by atoms with Crippen LogP contribution in [-0.4, -0.2) is 9.97 Å². The number of hydrogen-bond acceptors (Lipinski definition) is 2. The highest BCUT2D eigenvalue weighted by molar-refractivity contribution is 6.29. The third-order valence-corrected chi connectivity index (χ3v) is 2.50. The van der Waals surface area contributed by atoms with Crippen LogP contribution in [0, 0.1) is 12.7 Å². The summed E-state index contributed by atoms with van der Waals surface area (Å²) in [5.74, 6) is -1.05. The molecule has 19 heavy (non-hydrogen) atoms. The predicted octanol–water partition coefficient (Wildman–Crippen LogP) is 4.26. The molecule has 1 aromatic carbocycles. The summed E-state index contributed by atoms with van der Waals surface area (Å²) >= 11 is 5.70. The van der Waals surface area contributed by atoms with Crippen molar-refractivity contribution in [1.82, 2.24) is 9.97 Å². The van der Waals surface area contributed by atoms with Gasteiger partial charge in [0.15, 0.2) is 5.82 Å². The molecule has 0 atom stereocenters. The van der Waals surface area contributed by atoms with Gasteiger partial charge in [0.2, 0.25) is 0 Å². The Morgan fingerprint density at radius 2 is 1.74 bits per heavy atom. The lowest BCUT2D eigenvalue weighted by Crippen LogP contribution is -2.06. The predicted molar refractivity (Wildman–Crippen MR) is 62.2 cm³/mol. The van der Waals surface area contributed by atoms with E-state index in [9.17, 15) is 17.6 Å². The number of aryl methyl sites for hydroxylation is 1. The van der Waals surface area contributed by atoms with Crippen molar-refractivity contribution in [3.05, 3.63) is 46.5 Å². The molecule has 0 aliphatic rings. The Kier molecular flexibility index (Phi) is 3.45. The van der Waals surface area contributed by atoms with Crippen LogP contribution in [0.5, 0.6) is 0 Å². The van der Waals surface area contributed by atoms with Gasteiger partial charge < -0.3 is 0 Å². The molecule has 1 aromatic heterocycles. The third kappa shape index (κ3) is 3.20. The first-order chi connectivity index (χ1) is 8.75. The zero-order valence-corrected chi connectivity index (χ0v) is 10.3. The molecule has 2 aromatic rings. The average molecular weight is 291 g/mol. The van der Waals surface area contributed by atoms with E-state index in [4.69, 9.17) is 11.6 Å². The highest BCUT2D eigenvalue weighted by Gasteiger charge is 2.31. The molecule has 0 fully saturated rings. The van der Waals surface area contributed by atoms with Gasteiger partial charge >= 0.3 is 6.18 Å². The molecule has 1 heterocycles. The summed E-state index contributed by atoms with van der Waals surface area (Å²) in [6.45, 7) is 1.61. The lowest BCUT2D eigenvalue weighted by Gasteiger charge is -2.09. The van der Waals surface area contributed by atoms with E-state index in [0.29, 0.717) is 11.8 Å². The molecule has 0 amide bonds. The summed E-state index contributed by atoms with van der Waals surface area (Å²) < 4.78 is 51.0. The van der Waals surface area contributed by atoms with E-state index in [0.717, 1.165) is 12.1 Å². The van der Waals surface area contributed by atoms with E-state index in [-0.39, 0.29) is 16.5 Å². The topological polar surface area (TPSA) is 25.8 Å². The second kappa shape index (κ2) is 4.77. The van der Waals surface area contributed by atoms with Crippen molar-refractivity contribution in [1.29, 1.82) is 0 Å². The molecule has 0 spiro atoms. The van der Waals surface area contributed by atoms with Gasteiger partial charge in [-0.25, -0.2) is 14.4 Å². The fourth-order valence-corrected chi connectivity index (χ4v) is 1.78. The van der Waals surface area contributed by atoms with Crippen molar-refractivity contribution in [3.63, 3.8) is 0 Å². The van der Waals surface area contributed by atoms with Crippen molar-refractivity contribution in [2.24, 2.45) is 0 Å². The molecule has 2 nitrogen and oxygen atoms in total. The van der Waals surface area contributed by atoms with Gasteiger partial charge in [-0.1, -0.05) is 11.6 Å². The van der Waals surface area contributed by atoms with Gasteiger partial charge in [-0.05, 0) is 31.2 Å². The molecule has 0 aliphatic carbocycles. The maximum atomic E-state index is 13.3. The molecule has 0 bridgehead atoms. The number of nitrogens with zero attached hydrogens (tertiary/aromatic N) is 2. The first-order valence-electron chi connectivity index (χ1n) is 5.15. The molecule has 100 valence electrons. The van der Waals surface area contributed by atoms with Crippen molar-refractivity contribution < 1.29 is 17.6 Å². The number of rotatable bonds is 1. The average Bonchev–Trinajstić information content (AvgIpc) is 2.25. The van der Waals surface area contributed by atoms with Crippen LogP contribution in [0.4, 0.5) is 17.6 Å². The number of hydrogen-bond donors (Lipinski definition) is 0. The van der Waals surface area contributed by atoms with Gasteiger partial charge in [0.1, 0.15) is 11.0 Å². The molecule has 0 N–H and O–H groups in total. The smallest absolute Gasteiger partial charge is 0.233 e. The van der Waals surface area contributed by atoms with Crippen molar-refractivity contribution in [3.8, 4) is 11.4 Å². The minimum Gasteiger partial charge on any atom is -0.233 e. The summed E-state index contributed by atoms with van der Waals surface area (Å²) in [6, 6.07) is 3.59. The van der Waals surface area contributed by atoms with Gasteiger partial charge in [-0.3, -0.25) is 0 Å². The molecule has 0 unspecified atom stereocenters. The summed E-state index contributed by atoms with van der Waals surface area (Å²) in [5.41, 5.74) is -0.686. The van der Waals surface area contributed by atoms with Crippen LogP contribution in [0.25, 0.3) is 11.4 Å². The molecule has 7 heteroatoms. The summed E-state index contributed by atoms with van der Waals surface area (Å²) in [6.07, 6.45) is -4.63. The molecule has 0 aliphatic heterocycles. The molecular weight excluding hydrogens is 284 g/mol. The standard InChI is InChI=1S/C12H7ClF4N2/c1-6-2-10(13)19-11(18-6)7-3-8(12(15,16)17)5-9(14)4-7/h2-5H,1H3. The highest BCUT2D eigenvalue weighted by Crippen LogP contribution is 2.32. The Morgan fingerprint density at radius 1 is 1.05 bits per heavy atom. The monoisotopic (exact) mass is 290 g/mol. The second-order valence-corrected chi connectivity index (χ2v) is 4.27. The number of aromatic nitrogens is 2. The summed E-state index contributed by atoms with van der Waals surface area (Å²) in [5, 5.41) is 0.0836. The zero-order chi connectivity index (χ0) is 14.2. The SMILES string of the molecule is Cc1cc(Cl)nc(-c2cc(F)cc(C(F)(F)F)c2)n1. The minimum absolute atomic E-state index is 0.0463. The Balaban J connectivity index is 2.59. The van der Waals surface area contributed by atoms with Gasteiger partial charge in [-0.2, -0.15) is 13.2 Å². The van der Waals surface area contributed by atoms with Crippen molar-refractivity contribution >= 4 is 11.6 Å². The zero-order valence-electron chi connectivity index (χ0n) is 9.59. The van der Waals surface area contributed by atoms with E-state index in [1.165, 1.54) is 6.07 Å². The van der Waals surface area contributed by atoms with Crippen LogP contribution in [0.3, 0.4) is 0 Å². The van der Waals surface area contributed by atoms with Crippen LogP contribution in [0.1, 0.15) is 11.3 Å². The Bertz CT molecular complexity index is 605. The van der Waals surface area contributed by atoms with Crippen LogP contribution in [0.2, 0.25) is 5.15 Å². The maximum Gasteiger partial charge on any atom is 0.416 e. The van der Waals surface area contributed by atoms with Crippen LogP contribution in [-0.2, 0) is 6.18 Å². The molecule has 2 rings (SSSR count). The number of alkyl halides is 3. The lowest BCUT2D eigenvalue weighted by molar-refractivity contribution is -0.137. The largest absolute Gasteiger partial charge is 0.416 e. The summed E-state index contributed by atoms with van der Waals surface area (Å²) in [7, 11) is 0. The van der Waals surface area contributed by atoms with Crippen molar-refractivity contribution in [2.75, 3.05) is 0 Å². The number of halogens is 5. The lowest BCUT2D eigenvalue weighted by atomic mass is 10.1. The minimum atomic E-state index is -4.63. The molecule has 0 saturated carbocycles. The van der Waals surface area contributed by atoms with Crippen molar-refractivity contribution in [2.45, 2.75) is 13.1 Å². The van der Waals surface area contributed by atoms with E-state index < -0.39 is 17.6 Å². The first kappa shape index (κ1) is 13.7. The van der Waals surface area contributed by atoms with Crippen LogP contribution >= 0.6 is 11.6 Å². The van der Waals surface area contributed by atoms with E-state index in [1.807, 2.05) is 0 Å². The van der Waals surface area contributed by atoms with Gasteiger partial charge in [0.05, 0.1) is 5.56 Å². The van der Waals surface area contributed by atoms with E-state index >= 15 is 0 Å². The second-order valence-electron chi connectivity index (χ2n) is 3.88. The Morgan fingerprint density at radius 3 is 2.32 bits per heavy atom. The normalized spacial score (nSPS) is 11.7. The quantitative estimate of drug-likeness (QED) is 0.579. The molecule has 0 radical (unpaired) electrons. The first-order valence-corrected chi connectivity index (χ1v) is 5.53. The van der Waals surface area contributed by atoms with Crippen LogP contribution in [0.15, 0.2) is 24.3 Å². The fourth-order valence-electron chi connectivity index (χ4n) is 1.54. The van der Waals surface area contributed by atoms with Gasteiger partial charge in [0.25, 0.3) is 0 Å². The molecular formula is C12H7ClF4N2. The van der Waals surface area contributed by atoms with Gasteiger partial charge in [-0.15, -0.1) is 0 Å². The van der Waals surface area contributed by atoms with Crippen LogP contribution < -0.4 is 0 Å².